The van der Waals surface area contributed by atoms with E-state index in [-0.39, 0.29) is 5.91 Å². The molecule has 3 aromatic rings. The minimum Gasteiger partial charge on any atom is -0.382 e. The summed E-state index contributed by atoms with van der Waals surface area (Å²) >= 11 is 0. The number of amides is 1. The van der Waals surface area contributed by atoms with Gasteiger partial charge in [-0.15, -0.1) is 0 Å². The van der Waals surface area contributed by atoms with E-state index in [2.05, 4.69) is 35.9 Å². The van der Waals surface area contributed by atoms with E-state index in [1.54, 1.807) is 6.07 Å². The molecule has 0 saturated heterocycles. The van der Waals surface area contributed by atoms with Crippen molar-refractivity contribution in [3.8, 4) is 0 Å². The van der Waals surface area contributed by atoms with Crippen LogP contribution in [0.25, 0.3) is 0 Å². The molecule has 10 heteroatoms. The summed E-state index contributed by atoms with van der Waals surface area (Å²) in [6.45, 7) is 0.616. The topological polar surface area (TPSA) is 157 Å². The van der Waals surface area contributed by atoms with Crippen molar-refractivity contribution in [2.75, 3.05) is 28.2 Å². The largest absolute Gasteiger partial charge is 0.382 e. The van der Waals surface area contributed by atoms with Crippen LogP contribution in [0.2, 0.25) is 0 Å². The number of hydrogen-bond donors (Lipinski definition) is 5. The summed E-state index contributed by atoms with van der Waals surface area (Å²) in [5, 5.41) is 9.02. The van der Waals surface area contributed by atoms with Crippen molar-refractivity contribution in [2.24, 2.45) is 5.73 Å². The number of carbonyl (C=O) groups excluding carboxylic acids is 1. The Morgan fingerprint density at radius 3 is 2.55 bits per heavy atom. The van der Waals surface area contributed by atoms with E-state index in [1.165, 1.54) is 18.7 Å². The number of aromatic nitrogens is 4. The number of nitrogens with two attached hydrogens (primary N) is 2. The van der Waals surface area contributed by atoms with Crippen LogP contribution < -0.4 is 27.4 Å². The maximum atomic E-state index is 12.1. The van der Waals surface area contributed by atoms with Crippen molar-refractivity contribution in [3.05, 3.63) is 55.1 Å². The third kappa shape index (κ3) is 6.40. The Bertz CT molecular complexity index is 918. The van der Waals surface area contributed by atoms with Gasteiger partial charge in [0.1, 0.15) is 29.6 Å². The highest BCUT2D eigenvalue weighted by Crippen LogP contribution is 2.14. The number of rotatable bonds is 9. The second-order valence-corrected chi connectivity index (χ2v) is 6.27. The van der Waals surface area contributed by atoms with E-state index in [4.69, 9.17) is 11.5 Å². The molecule has 2 aromatic heterocycles. The fourth-order valence-corrected chi connectivity index (χ4v) is 2.48. The van der Waals surface area contributed by atoms with Gasteiger partial charge in [-0.2, -0.15) is 0 Å². The Morgan fingerprint density at radius 1 is 1.00 bits per heavy atom. The zero-order chi connectivity index (χ0) is 20.5. The van der Waals surface area contributed by atoms with Gasteiger partial charge in [-0.1, -0.05) is 18.2 Å². The van der Waals surface area contributed by atoms with E-state index in [0.717, 1.165) is 5.69 Å². The molecule has 7 N–H and O–H groups in total. The third-order valence-electron chi connectivity index (χ3n) is 3.97. The molecule has 0 aliphatic heterocycles. The Kier molecular flexibility index (Phi) is 6.85. The number of nitrogens with one attached hydrogen (secondary N) is 3. The summed E-state index contributed by atoms with van der Waals surface area (Å²) < 4.78 is 0. The van der Waals surface area contributed by atoms with Crippen molar-refractivity contribution in [2.45, 2.75) is 18.9 Å². The van der Waals surface area contributed by atoms with Gasteiger partial charge in [-0.25, -0.2) is 19.9 Å². The molecule has 1 aromatic carbocycles. The number of para-hydroxylation sites is 1. The normalized spacial score (nSPS) is 11.5. The van der Waals surface area contributed by atoms with Gasteiger partial charge in [0.25, 0.3) is 0 Å². The minimum absolute atomic E-state index is 0.200. The van der Waals surface area contributed by atoms with Gasteiger partial charge in [0.2, 0.25) is 5.91 Å². The van der Waals surface area contributed by atoms with Crippen molar-refractivity contribution in [1.29, 1.82) is 0 Å². The van der Waals surface area contributed by atoms with Gasteiger partial charge in [0, 0.05) is 18.3 Å². The molecule has 0 bridgehead atoms. The van der Waals surface area contributed by atoms with Gasteiger partial charge in [-0.3, -0.25) is 4.79 Å². The number of carbonyl (C=O) groups is 1. The second-order valence-electron chi connectivity index (χ2n) is 6.27. The molecule has 3 rings (SSSR count). The van der Waals surface area contributed by atoms with Crippen LogP contribution in [0.15, 0.2) is 55.1 Å². The lowest BCUT2D eigenvalue weighted by atomic mass is 10.1. The molecule has 0 saturated carbocycles. The first-order valence-electron chi connectivity index (χ1n) is 9.12. The molecule has 29 heavy (non-hydrogen) atoms. The highest BCUT2D eigenvalue weighted by molar-refractivity contribution is 5.94. The van der Waals surface area contributed by atoms with Crippen LogP contribution >= 0.6 is 0 Å². The summed E-state index contributed by atoms with van der Waals surface area (Å²) in [7, 11) is 0. The first kappa shape index (κ1) is 20.0. The van der Waals surface area contributed by atoms with Crippen molar-refractivity contribution >= 4 is 34.9 Å². The van der Waals surface area contributed by atoms with Gasteiger partial charge in [0.05, 0.1) is 18.4 Å². The molecule has 0 fully saturated rings. The third-order valence-corrected chi connectivity index (χ3v) is 3.97. The predicted molar refractivity (Wildman–Crippen MR) is 113 cm³/mol. The zero-order valence-electron chi connectivity index (χ0n) is 15.7. The van der Waals surface area contributed by atoms with Crippen molar-refractivity contribution in [3.63, 3.8) is 0 Å². The van der Waals surface area contributed by atoms with E-state index < -0.39 is 6.04 Å². The van der Waals surface area contributed by atoms with Crippen molar-refractivity contribution < 1.29 is 4.79 Å². The molecule has 1 atom stereocenters. The maximum Gasteiger partial charge on any atom is 0.241 e. The summed E-state index contributed by atoms with van der Waals surface area (Å²) in [5.41, 5.74) is 12.2. The summed E-state index contributed by atoms with van der Waals surface area (Å²) in [5.74, 6) is 1.89. The summed E-state index contributed by atoms with van der Waals surface area (Å²) in [4.78, 5) is 28.5. The Morgan fingerprint density at radius 2 is 1.79 bits per heavy atom. The maximum absolute atomic E-state index is 12.1. The molecule has 0 aliphatic carbocycles. The number of nitrogen functional groups attached to an aromatic ring is 1. The van der Waals surface area contributed by atoms with Gasteiger partial charge < -0.3 is 27.4 Å². The van der Waals surface area contributed by atoms with Gasteiger partial charge in [-0.05, 0) is 25.0 Å². The zero-order valence-corrected chi connectivity index (χ0v) is 15.7. The first-order valence-corrected chi connectivity index (χ1v) is 9.12. The van der Waals surface area contributed by atoms with Crippen LogP contribution in [-0.2, 0) is 4.79 Å². The van der Waals surface area contributed by atoms with Crippen LogP contribution in [0.1, 0.15) is 12.8 Å². The van der Waals surface area contributed by atoms with Crippen LogP contribution in [0, 0.1) is 0 Å². The fraction of sp³-hybridized carbons (Fsp3) is 0.211. The highest BCUT2D eigenvalue weighted by Gasteiger charge is 2.13. The van der Waals surface area contributed by atoms with Crippen LogP contribution in [0.4, 0.5) is 29.0 Å². The number of anilines is 5. The smallest absolute Gasteiger partial charge is 0.241 e. The molecular weight excluding hydrogens is 370 g/mol. The number of benzene rings is 1. The summed E-state index contributed by atoms with van der Waals surface area (Å²) in [6.07, 6.45) is 5.67. The Hall–Kier alpha value is -3.79. The molecule has 0 unspecified atom stereocenters. The lowest BCUT2D eigenvalue weighted by molar-refractivity contribution is -0.117. The van der Waals surface area contributed by atoms with Crippen LogP contribution in [-0.4, -0.2) is 38.4 Å². The monoisotopic (exact) mass is 393 g/mol. The van der Waals surface area contributed by atoms with Gasteiger partial charge in [0.15, 0.2) is 0 Å². The van der Waals surface area contributed by atoms with E-state index in [1.807, 2.05) is 30.3 Å². The number of nitrogens with zero attached hydrogens (tertiary/aromatic N) is 4. The molecule has 0 aliphatic rings. The van der Waals surface area contributed by atoms with Crippen LogP contribution in [0.5, 0.6) is 0 Å². The predicted octanol–water partition coefficient (Wildman–Crippen LogP) is 1.75. The molecule has 10 nitrogen and oxygen atoms in total. The SMILES string of the molecule is Nc1cnc(Nc2cc(NCCC[C@@H](N)C(=O)Nc3ccccc3)ncn2)cn1. The lowest BCUT2D eigenvalue weighted by Crippen LogP contribution is -2.35. The van der Waals surface area contributed by atoms with Crippen molar-refractivity contribution in [1.82, 2.24) is 19.9 Å². The standard InChI is InChI=1S/C19H23N9O/c20-14(19(29)27-13-5-2-1-3-6-13)7-4-8-22-16-9-17(26-12-25-16)28-18-11-23-15(21)10-24-18/h1-3,5-6,9-12,14H,4,7-8,20H2,(H2,21,23)(H,27,29)(H2,22,24,25,26,28)/t14-/m1/s1. The Balaban J connectivity index is 1.42. The van der Waals surface area contributed by atoms with E-state index >= 15 is 0 Å². The molecule has 2 heterocycles. The average molecular weight is 393 g/mol. The summed E-state index contributed by atoms with van der Waals surface area (Å²) in [6, 6.07) is 10.4. The quantitative estimate of drug-likeness (QED) is 0.342. The van der Waals surface area contributed by atoms with Gasteiger partial charge >= 0.3 is 0 Å². The minimum atomic E-state index is -0.580. The van der Waals surface area contributed by atoms with E-state index in [9.17, 15) is 4.79 Å². The first-order chi connectivity index (χ1) is 14.1. The fourth-order valence-electron chi connectivity index (χ4n) is 2.48. The Labute approximate surface area is 168 Å². The molecule has 1 amide bonds. The van der Waals surface area contributed by atoms with E-state index in [0.29, 0.717) is 42.7 Å². The molecule has 150 valence electrons. The number of hydrogen-bond acceptors (Lipinski definition) is 9. The highest BCUT2D eigenvalue weighted by atomic mass is 16.2. The molecule has 0 radical (unpaired) electrons. The average Bonchev–Trinajstić information content (AvgIpc) is 2.74. The lowest BCUT2D eigenvalue weighted by Gasteiger charge is -2.13. The molecular formula is C19H23N9O. The second kappa shape index (κ2) is 9.95. The molecule has 0 spiro atoms. The van der Waals surface area contributed by atoms with Crippen LogP contribution in [0.3, 0.4) is 0 Å².